The van der Waals surface area contributed by atoms with Gasteiger partial charge in [0.15, 0.2) is 0 Å². The molecule has 2 unspecified atom stereocenters. The van der Waals surface area contributed by atoms with Crippen LogP contribution in [0, 0.1) is 5.92 Å². The second kappa shape index (κ2) is 6.05. The Hall–Kier alpha value is 0.310. The van der Waals surface area contributed by atoms with Crippen molar-refractivity contribution < 1.29 is 5.11 Å². The Morgan fingerprint density at radius 1 is 1.40 bits per heavy atom. The average Bonchev–Trinajstić information content (AvgIpc) is 1.99. The van der Waals surface area contributed by atoms with Crippen LogP contribution in [0.1, 0.15) is 27.2 Å². The summed E-state index contributed by atoms with van der Waals surface area (Å²) in [6, 6.07) is 0. The van der Waals surface area contributed by atoms with Crippen LogP contribution < -0.4 is 0 Å². The van der Waals surface area contributed by atoms with Crippen molar-refractivity contribution in [2.45, 2.75) is 32.4 Å². The first-order chi connectivity index (χ1) is 4.70. The Kier molecular flexibility index (Phi) is 6.24. The molecule has 0 aliphatic rings. The molecule has 0 spiro atoms. The van der Waals surface area contributed by atoms with E-state index in [0.29, 0.717) is 12.5 Å². The third-order valence-electron chi connectivity index (χ3n) is 1.55. The summed E-state index contributed by atoms with van der Waals surface area (Å²) >= 11 is 1.95. The molecule has 1 nitrogen and oxygen atoms in total. The van der Waals surface area contributed by atoms with Gasteiger partial charge in [-0.2, -0.15) is 11.8 Å². The van der Waals surface area contributed by atoms with Crippen LogP contribution in [-0.4, -0.2) is 22.7 Å². The molecule has 0 amide bonds. The third-order valence-corrected chi connectivity index (χ3v) is 3.22. The van der Waals surface area contributed by atoms with E-state index in [9.17, 15) is 0 Å². The minimum absolute atomic E-state index is 0.323. The van der Waals surface area contributed by atoms with Gasteiger partial charge in [0.05, 0.1) is 0 Å². The van der Waals surface area contributed by atoms with Crippen molar-refractivity contribution in [3.63, 3.8) is 0 Å². The molecule has 0 aliphatic carbocycles. The molecule has 10 heavy (non-hydrogen) atoms. The SMILES string of the molecule is CCC(C)SCC(C)CO. The van der Waals surface area contributed by atoms with Gasteiger partial charge in [-0.15, -0.1) is 0 Å². The van der Waals surface area contributed by atoms with Crippen LogP contribution in [-0.2, 0) is 0 Å². The van der Waals surface area contributed by atoms with Crippen molar-refractivity contribution in [3.8, 4) is 0 Å². The highest BCUT2D eigenvalue weighted by molar-refractivity contribution is 7.99. The Labute approximate surface area is 68.2 Å². The fourth-order valence-corrected chi connectivity index (χ4v) is 1.50. The maximum atomic E-state index is 8.71. The quantitative estimate of drug-likeness (QED) is 0.668. The lowest BCUT2D eigenvalue weighted by Gasteiger charge is -2.11. The van der Waals surface area contributed by atoms with Gasteiger partial charge in [0.1, 0.15) is 0 Å². The van der Waals surface area contributed by atoms with E-state index in [1.807, 2.05) is 11.8 Å². The van der Waals surface area contributed by atoms with Crippen molar-refractivity contribution in [2.75, 3.05) is 12.4 Å². The van der Waals surface area contributed by atoms with E-state index in [1.165, 1.54) is 6.42 Å². The van der Waals surface area contributed by atoms with Crippen LogP contribution >= 0.6 is 11.8 Å². The van der Waals surface area contributed by atoms with Gasteiger partial charge in [-0.3, -0.25) is 0 Å². The molecule has 2 heteroatoms. The zero-order chi connectivity index (χ0) is 7.98. The molecular formula is C8H18OS. The number of hydrogen-bond acceptors (Lipinski definition) is 2. The largest absolute Gasteiger partial charge is 0.396 e. The van der Waals surface area contributed by atoms with Crippen LogP contribution in [0.15, 0.2) is 0 Å². The monoisotopic (exact) mass is 162 g/mol. The first-order valence-electron chi connectivity index (χ1n) is 3.93. The van der Waals surface area contributed by atoms with Crippen molar-refractivity contribution in [1.29, 1.82) is 0 Å². The Bertz CT molecular complexity index is 65.7. The van der Waals surface area contributed by atoms with Gasteiger partial charge in [-0.25, -0.2) is 0 Å². The fraction of sp³-hybridized carbons (Fsp3) is 1.00. The van der Waals surface area contributed by atoms with Crippen LogP contribution in [0.4, 0.5) is 0 Å². The first kappa shape index (κ1) is 10.3. The molecule has 0 aromatic heterocycles. The van der Waals surface area contributed by atoms with Gasteiger partial charge in [0, 0.05) is 11.9 Å². The Morgan fingerprint density at radius 3 is 2.40 bits per heavy atom. The zero-order valence-electron chi connectivity index (χ0n) is 7.13. The molecule has 0 heterocycles. The van der Waals surface area contributed by atoms with E-state index < -0.39 is 0 Å². The summed E-state index contributed by atoms with van der Waals surface area (Å²) in [7, 11) is 0. The van der Waals surface area contributed by atoms with Crippen molar-refractivity contribution in [1.82, 2.24) is 0 Å². The fourth-order valence-electron chi connectivity index (χ4n) is 0.499. The van der Waals surface area contributed by atoms with E-state index in [4.69, 9.17) is 5.11 Å². The highest BCUT2D eigenvalue weighted by Gasteiger charge is 2.03. The molecule has 2 atom stereocenters. The second-order valence-electron chi connectivity index (χ2n) is 2.84. The summed E-state index contributed by atoms with van der Waals surface area (Å²) < 4.78 is 0. The average molecular weight is 162 g/mol. The second-order valence-corrected chi connectivity index (χ2v) is 4.31. The van der Waals surface area contributed by atoms with Crippen LogP contribution in [0.2, 0.25) is 0 Å². The molecule has 0 aliphatic heterocycles. The lowest BCUT2D eigenvalue weighted by molar-refractivity contribution is 0.250. The third kappa shape index (κ3) is 5.12. The molecule has 0 fully saturated rings. The van der Waals surface area contributed by atoms with Gasteiger partial charge in [-0.05, 0) is 18.1 Å². The summed E-state index contributed by atoms with van der Waals surface area (Å²) in [6.07, 6.45) is 1.23. The molecule has 0 aromatic carbocycles. The smallest absolute Gasteiger partial charge is 0.0464 e. The maximum absolute atomic E-state index is 8.71. The summed E-state index contributed by atoms with van der Waals surface area (Å²) in [5, 5.41) is 9.45. The molecule has 0 radical (unpaired) electrons. The van der Waals surface area contributed by atoms with E-state index >= 15 is 0 Å². The lowest BCUT2D eigenvalue weighted by atomic mass is 10.2. The number of aliphatic hydroxyl groups is 1. The number of aliphatic hydroxyl groups excluding tert-OH is 1. The van der Waals surface area contributed by atoms with E-state index in [-0.39, 0.29) is 0 Å². The molecule has 62 valence electrons. The molecule has 0 saturated carbocycles. The van der Waals surface area contributed by atoms with Crippen LogP contribution in [0.3, 0.4) is 0 Å². The van der Waals surface area contributed by atoms with Gasteiger partial charge in [0.25, 0.3) is 0 Å². The minimum atomic E-state index is 0.323. The van der Waals surface area contributed by atoms with Crippen molar-refractivity contribution in [2.24, 2.45) is 5.92 Å². The van der Waals surface area contributed by atoms with Crippen LogP contribution in [0.5, 0.6) is 0 Å². The zero-order valence-corrected chi connectivity index (χ0v) is 7.95. The number of thioether (sulfide) groups is 1. The highest BCUT2D eigenvalue weighted by Crippen LogP contribution is 2.16. The summed E-state index contributed by atoms with van der Waals surface area (Å²) in [5.74, 6) is 1.55. The van der Waals surface area contributed by atoms with Gasteiger partial charge in [0.2, 0.25) is 0 Å². The number of hydrogen-bond donors (Lipinski definition) is 1. The molecule has 0 saturated heterocycles. The normalized spacial score (nSPS) is 16.8. The standard InChI is InChI=1S/C8H18OS/c1-4-8(3)10-6-7(2)5-9/h7-9H,4-6H2,1-3H3. The highest BCUT2D eigenvalue weighted by atomic mass is 32.2. The predicted molar refractivity (Wildman–Crippen MR) is 48.5 cm³/mol. The Morgan fingerprint density at radius 2 is 2.00 bits per heavy atom. The van der Waals surface area contributed by atoms with Crippen molar-refractivity contribution >= 4 is 11.8 Å². The van der Waals surface area contributed by atoms with Gasteiger partial charge >= 0.3 is 0 Å². The molecule has 0 aromatic rings. The maximum Gasteiger partial charge on any atom is 0.0464 e. The van der Waals surface area contributed by atoms with Gasteiger partial charge < -0.3 is 5.11 Å². The number of rotatable bonds is 5. The summed E-state index contributed by atoms with van der Waals surface area (Å²) in [4.78, 5) is 0. The minimum Gasteiger partial charge on any atom is -0.396 e. The van der Waals surface area contributed by atoms with Gasteiger partial charge in [-0.1, -0.05) is 20.8 Å². The van der Waals surface area contributed by atoms with E-state index in [0.717, 1.165) is 11.0 Å². The molecule has 0 bridgehead atoms. The summed E-state index contributed by atoms with van der Waals surface area (Å²) in [6.45, 7) is 6.83. The van der Waals surface area contributed by atoms with Crippen LogP contribution in [0.25, 0.3) is 0 Å². The predicted octanol–water partition coefficient (Wildman–Crippen LogP) is 2.15. The molecule has 1 N–H and O–H groups in total. The summed E-state index contributed by atoms with van der Waals surface area (Å²) in [5.41, 5.74) is 0. The van der Waals surface area contributed by atoms with Crippen molar-refractivity contribution in [3.05, 3.63) is 0 Å². The first-order valence-corrected chi connectivity index (χ1v) is 4.98. The molecule has 0 rings (SSSR count). The topological polar surface area (TPSA) is 20.2 Å². The lowest BCUT2D eigenvalue weighted by Crippen LogP contribution is -2.06. The van der Waals surface area contributed by atoms with E-state index in [1.54, 1.807) is 0 Å². The van der Waals surface area contributed by atoms with E-state index in [2.05, 4.69) is 20.8 Å². The Balaban J connectivity index is 3.17. The molecular weight excluding hydrogens is 144 g/mol.